The Hall–Kier alpha value is -3.32. The van der Waals surface area contributed by atoms with E-state index in [1.807, 2.05) is 0 Å². The van der Waals surface area contributed by atoms with Crippen LogP contribution in [0, 0.1) is 0 Å². The van der Waals surface area contributed by atoms with Crippen molar-refractivity contribution in [3.8, 4) is 5.75 Å². The number of carboxylic acids is 1. The molecular formula is C19H15ClN2O5. The minimum Gasteiger partial charge on any atom is -0.479 e. The van der Waals surface area contributed by atoms with Gasteiger partial charge in [-0.05, 0) is 43.3 Å². The maximum Gasteiger partial charge on any atom is 0.344 e. The number of benzene rings is 2. The summed E-state index contributed by atoms with van der Waals surface area (Å²) in [5.41, 5.74) is 3.21. The van der Waals surface area contributed by atoms with Gasteiger partial charge in [0.25, 0.3) is 11.8 Å². The number of amides is 2. The number of nitrogens with zero attached hydrogens (tertiary/aromatic N) is 1. The molecule has 2 aromatic carbocycles. The van der Waals surface area contributed by atoms with Crippen LogP contribution in [0.25, 0.3) is 6.08 Å². The molecule has 27 heavy (non-hydrogen) atoms. The predicted octanol–water partition coefficient (Wildman–Crippen LogP) is 2.65. The summed E-state index contributed by atoms with van der Waals surface area (Å²) in [5.74, 6) is -2.07. The van der Waals surface area contributed by atoms with Crippen LogP contribution in [-0.2, 0) is 14.4 Å². The molecule has 2 N–H and O–H groups in total. The van der Waals surface area contributed by atoms with Crippen molar-refractivity contribution in [1.29, 1.82) is 0 Å². The van der Waals surface area contributed by atoms with Crippen LogP contribution in [0.1, 0.15) is 12.5 Å². The molecule has 1 aliphatic heterocycles. The number of nitrogens with one attached hydrogen (secondary N) is 1. The van der Waals surface area contributed by atoms with Crippen molar-refractivity contribution in [2.75, 3.05) is 5.01 Å². The van der Waals surface area contributed by atoms with Crippen LogP contribution in [0.15, 0.2) is 54.1 Å². The summed E-state index contributed by atoms with van der Waals surface area (Å²) in [7, 11) is 0. The molecule has 0 aliphatic carbocycles. The summed E-state index contributed by atoms with van der Waals surface area (Å²) in [4.78, 5) is 36.0. The largest absolute Gasteiger partial charge is 0.479 e. The molecule has 0 aromatic heterocycles. The summed E-state index contributed by atoms with van der Waals surface area (Å²) in [6.45, 7) is 1.37. The van der Waals surface area contributed by atoms with Gasteiger partial charge in [0.15, 0.2) is 6.10 Å². The second kappa shape index (κ2) is 7.51. The summed E-state index contributed by atoms with van der Waals surface area (Å²) in [5, 5.41) is 10.5. The Morgan fingerprint density at radius 3 is 2.59 bits per heavy atom. The number of hydrogen-bond acceptors (Lipinski definition) is 4. The fourth-order valence-corrected chi connectivity index (χ4v) is 2.63. The van der Waals surface area contributed by atoms with E-state index in [0.29, 0.717) is 16.3 Å². The zero-order chi connectivity index (χ0) is 19.6. The van der Waals surface area contributed by atoms with Gasteiger partial charge in [-0.2, -0.15) is 0 Å². The van der Waals surface area contributed by atoms with Crippen molar-refractivity contribution in [3.05, 3.63) is 64.7 Å². The standard InChI is InChI=1S/C19H15ClN2O5/c1-11(19(25)26)27-16-8-7-13(20)9-12(16)10-15-17(23)21-22(18(15)24)14-5-3-2-4-6-14/h2-11H,1H3,(H,21,23)(H,25,26)/b15-10-/t11-/m0/s1. The number of carboxylic acid groups (broad SMARTS) is 1. The molecule has 1 fully saturated rings. The zero-order valence-corrected chi connectivity index (χ0v) is 14.9. The number of aliphatic carboxylic acids is 1. The van der Waals surface area contributed by atoms with E-state index in [4.69, 9.17) is 21.4 Å². The topological polar surface area (TPSA) is 95.9 Å². The van der Waals surface area contributed by atoms with Crippen molar-refractivity contribution in [2.45, 2.75) is 13.0 Å². The number of halogens is 1. The highest BCUT2D eigenvalue weighted by atomic mass is 35.5. The molecule has 2 amide bonds. The van der Waals surface area contributed by atoms with Gasteiger partial charge in [-0.25, -0.2) is 9.80 Å². The van der Waals surface area contributed by atoms with E-state index in [9.17, 15) is 14.4 Å². The molecule has 7 nitrogen and oxygen atoms in total. The van der Waals surface area contributed by atoms with Crippen LogP contribution in [0.2, 0.25) is 5.02 Å². The van der Waals surface area contributed by atoms with Crippen LogP contribution in [0.4, 0.5) is 5.69 Å². The summed E-state index contributed by atoms with van der Waals surface area (Å²) in [6.07, 6.45) is 0.216. The van der Waals surface area contributed by atoms with Crippen molar-refractivity contribution in [1.82, 2.24) is 5.43 Å². The normalized spacial score (nSPS) is 16.4. The zero-order valence-electron chi connectivity index (χ0n) is 14.2. The number of hydrogen-bond donors (Lipinski definition) is 2. The van der Waals surface area contributed by atoms with Gasteiger partial charge in [0.05, 0.1) is 5.69 Å². The maximum absolute atomic E-state index is 12.7. The van der Waals surface area contributed by atoms with Gasteiger partial charge >= 0.3 is 5.97 Å². The van der Waals surface area contributed by atoms with E-state index in [2.05, 4.69) is 5.43 Å². The van der Waals surface area contributed by atoms with Crippen LogP contribution in [-0.4, -0.2) is 29.0 Å². The van der Waals surface area contributed by atoms with Crippen LogP contribution in [0.3, 0.4) is 0 Å². The van der Waals surface area contributed by atoms with Crippen LogP contribution in [0.5, 0.6) is 5.75 Å². The molecule has 8 heteroatoms. The summed E-state index contributed by atoms with van der Waals surface area (Å²) in [6, 6.07) is 13.2. The van der Waals surface area contributed by atoms with Crippen molar-refractivity contribution in [2.24, 2.45) is 0 Å². The molecule has 0 radical (unpaired) electrons. The Morgan fingerprint density at radius 1 is 1.22 bits per heavy atom. The molecule has 138 valence electrons. The van der Waals surface area contributed by atoms with Crippen LogP contribution < -0.4 is 15.2 Å². The second-order valence-electron chi connectivity index (χ2n) is 5.76. The number of anilines is 1. The minimum atomic E-state index is -1.14. The lowest BCUT2D eigenvalue weighted by molar-refractivity contribution is -0.144. The molecule has 0 bridgehead atoms. The van der Waals surface area contributed by atoms with E-state index in [0.717, 1.165) is 5.01 Å². The average Bonchev–Trinajstić information content (AvgIpc) is 2.92. The Labute approximate surface area is 159 Å². The Morgan fingerprint density at radius 2 is 1.93 bits per heavy atom. The van der Waals surface area contributed by atoms with Gasteiger partial charge in [-0.3, -0.25) is 15.0 Å². The predicted molar refractivity (Wildman–Crippen MR) is 99.2 cm³/mol. The molecule has 0 saturated carbocycles. The van der Waals surface area contributed by atoms with E-state index in [-0.39, 0.29) is 11.3 Å². The quantitative estimate of drug-likeness (QED) is 0.608. The molecule has 1 heterocycles. The molecule has 3 rings (SSSR count). The third-order valence-corrected chi connectivity index (χ3v) is 4.06. The highest BCUT2D eigenvalue weighted by Gasteiger charge is 2.34. The van der Waals surface area contributed by atoms with Gasteiger partial charge < -0.3 is 9.84 Å². The van der Waals surface area contributed by atoms with Gasteiger partial charge in [0.1, 0.15) is 11.3 Å². The monoisotopic (exact) mass is 386 g/mol. The van der Waals surface area contributed by atoms with Crippen LogP contribution >= 0.6 is 11.6 Å². The lowest BCUT2D eigenvalue weighted by Gasteiger charge is -2.14. The van der Waals surface area contributed by atoms with E-state index >= 15 is 0 Å². The molecule has 1 saturated heterocycles. The number of carbonyl (C=O) groups is 3. The number of carbonyl (C=O) groups excluding carboxylic acids is 2. The number of para-hydroxylation sites is 1. The van der Waals surface area contributed by atoms with Crippen molar-refractivity contribution < 1.29 is 24.2 Å². The van der Waals surface area contributed by atoms with E-state index in [1.54, 1.807) is 30.3 Å². The first-order valence-electron chi connectivity index (χ1n) is 7.98. The molecule has 0 spiro atoms. The molecule has 1 atom stereocenters. The Kier molecular flexibility index (Phi) is 5.14. The first-order valence-corrected chi connectivity index (χ1v) is 8.36. The summed E-state index contributed by atoms with van der Waals surface area (Å²) < 4.78 is 5.39. The third kappa shape index (κ3) is 3.93. The number of ether oxygens (including phenoxy) is 1. The van der Waals surface area contributed by atoms with Crippen molar-refractivity contribution in [3.63, 3.8) is 0 Å². The van der Waals surface area contributed by atoms with E-state index in [1.165, 1.54) is 31.2 Å². The van der Waals surface area contributed by atoms with Gasteiger partial charge in [0, 0.05) is 10.6 Å². The average molecular weight is 387 g/mol. The van der Waals surface area contributed by atoms with Gasteiger partial charge in [-0.15, -0.1) is 0 Å². The lowest BCUT2D eigenvalue weighted by atomic mass is 10.1. The van der Waals surface area contributed by atoms with Gasteiger partial charge in [0.2, 0.25) is 0 Å². The molecular weight excluding hydrogens is 372 g/mol. The second-order valence-corrected chi connectivity index (χ2v) is 6.19. The highest BCUT2D eigenvalue weighted by molar-refractivity contribution is 6.32. The smallest absolute Gasteiger partial charge is 0.344 e. The number of rotatable bonds is 5. The Bertz CT molecular complexity index is 942. The lowest BCUT2D eigenvalue weighted by Crippen LogP contribution is -2.35. The molecule has 0 unspecified atom stereocenters. The summed E-state index contributed by atoms with van der Waals surface area (Å²) >= 11 is 6.00. The van der Waals surface area contributed by atoms with Crippen molar-refractivity contribution >= 4 is 41.1 Å². The SMILES string of the molecule is C[C@H](Oc1ccc(Cl)cc1/C=C1/C(=O)NN(c2ccccc2)C1=O)C(=O)O. The maximum atomic E-state index is 12.7. The molecule has 1 aliphatic rings. The Balaban J connectivity index is 1.96. The minimum absolute atomic E-state index is 0.117. The fourth-order valence-electron chi connectivity index (χ4n) is 2.45. The van der Waals surface area contributed by atoms with Gasteiger partial charge in [-0.1, -0.05) is 29.8 Å². The third-order valence-electron chi connectivity index (χ3n) is 3.83. The highest BCUT2D eigenvalue weighted by Crippen LogP contribution is 2.28. The number of hydrazine groups is 1. The first kappa shape index (κ1) is 18.5. The van der Waals surface area contributed by atoms with E-state index < -0.39 is 23.9 Å². The first-order chi connectivity index (χ1) is 12.9. The fraction of sp³-hybridized carbons (Fsp3) is 0.105. The molecule has 2 aromatic rings.